The molecule has 2 rings (SSSR count). The van der Waals surface area contributed by atoms with Gasteiger partial charge in [0.05, 0.1) is 6.54 Å². The van der Waals surface area contributed by atoms with Gasteiger partial charge in [-0.3, -0.25) is 4.68 Å². The highest BCUT2D eigenvalue weighted by Crippen LogP contribution is 2.24. The fraction of sp³-hybridized carbons (Fsp3) is 0.308. The highest BCUT2D eigenvalue weighted by molar-refractivity contribution is 5.34. The van der Waals surface area contributed by atoms with Gasteiger partial charge in [0.1, 0.15) is 11.6 Å². The summed E-state index contributed by atoms with van der Waals surface area (Å²) in [5.41, 5.74) is 0.565. The lowest BCUT2D eigenvalue weighted by molar-refractivity contribution is 0.443. The Morgan fingerprint density at radius 3 is 3.06 bits per heavy atom. The van der Waals surface area contributed by atoms with Gasteiger partial charge in [0.15, 0.2) is 0 Å². The SMILES string of the molecule is CC(NCCn1cccn1)c1cc(F)ccc1O. The predicted molar refractivity (Wildman–Crippen MR) is 66.7 cm³/mol. The summed E-state index contributed by atoms with van der Waals surface area (Å²) in [5.74, 6) is -0.237. The Bertz CT molecular complexity index is 499. The number of phenolic OH excluding ortho intramolecular Hbond substituents is 1. The van der Waals surface area contributed by atoms with E-state index in [1.165, 1.54) is 18.2 Å². The van der Waals surface area contributed by atoms with E-state index in [-0.39, 0.29) is 17.6 Å². The van der Waals surface area contributed by atoms with Gasteiger partial charge in [0, 0.05) is 30.5 Å². The third-order valence-corrected chi connectivity index (χ3v) is 2.81. The summed E-state index contributed by atoms with van der Waals surface area (Å²) in [7, 11) is 0. The van der Waals surface area contributed by atoms with Crippen LogP contribution in [0.4, 0.5) is 4.39 Å². The van der Waals surface area contributed by atoms with E-state index in [1.54, 1.807) is 6.20 Å². The van der Waals surface area contributed by atoms with Crippen molar-refractivity contribution in [1.82, 2.24) is 15.1 Å². The van der Waals surface area contributed by atoms with Crippen LogP contribution in [0.2, 0.25) is 0 Å². The number of halogens is 1. The van der Waals surface area contributed by atoms with Crippen LogP contribution in [0.1, 0.15) is 18.5 Å². The van der Waals surface area contributed by atoms with Crippen molar-refractivity contribution >= 4 is 0 Å². The molecule has 1 heterocycles. The molecule has 4 nitrogen and oxygen atoms in total. The zero-order valence-electron chi connectivity index (χ0n) is 10.2. The second-order valence-corrected chi connectivity index (χ2v) is 4.15. The average Bonchev–Trinajstić information content (AvgIpc) is 2.85. The fourth-order valence-electron chi connectivity index (χ4n) is 1.81. The molecular weight excluding hydrogens is 233 g/mol. The Kier molecular flexibility index (Phi) is 3.94. The minimum atomic E-state index is -0.344. The summed E-state index contributed by atoms with van der Waals surface area (Å²) in [6.45, 7) is 3.31. The van der Waals surface area contributed by atoms with Crippen LogP contribution < -0.4 is 5.32 Å². The molecule has 0 aliphatic heterocycles. The van der Waals surface area contributed by atoms with Crippen LogP contribution in [0.5, 0.6) is 5.75 Å². The maximum atomic E-state index is 13.1. The van der Waals surface area contributed by atoms with Gasteiger partial charge in [0.25, 0.3) is 0 Å². The number of benzene rings is 1. The third-order valence-electron chi connectivity index (χ3n) is 2.81. The molecule has 1 aromatic heterocycles. The zero-order valence-corrected chi connectivity index (χ0v) is 10.2. The number of hydrogen-bond donors (Lipinski definition) is 2. The Hall–Kier alpha value is -1.88. The maximum absolute atomic E-state index is 13.1. The van der Waals surface area contributed by atoms with Crippen LogP contribution in [0.3, 0.4) is 0 Å². The van der Waals surface area contributed by atoms with Crippen molar-refractivity contribution in [2.75, 3.05) is 6.54 Å². The van der Waals surface area contributed by atoms with Crippen LogP contribution in [0.15, 0.2) is 36.7 Å². The van der Waals surface area contributed by atoms with Crippen molar-refractivity contribution in [1.29, 1.82) is 0 Å². The summed E-state index contributed by atoms with van der Waals surface area (Å²) in [5, 5.41) is 17.0. The minimum absolute atomic E-state index is 0.107. The molecule has 1 unspecified atom stereocenters. The second-order valence-electron chi connectivity index (χ2n) is 4.15. The van der Waals surface area contributed by atoms with Crippen LogP contribution in [0.25, 0.3) is 0 Å². The Balaban J connectivity index is 1.91. The summed E-state index contributed by atoms with van der Waals surface area (Å²) in [6.07, 6.45) is 3.60. The van der Waals surface area contributed by atoms with Gasteiger partial charge in [0.2, 0.25) is 0 Å². The quantitative estimate of drug-likeness (QED) is 0.853. The van der Waals surface area contributed by atoms with Crippen molar-refractivity contribution in [2.24, 2.45) is 0 Å². The van der Waals surface area contributed by atoms with Gasteiger partial charge >= 0.3 is 0 Å². The van der Waals surface area contributed by atoms with Crippen molar-refractivity contribution in [3.05, 3.63) is 48.0 Å². The summed E-state index contributed by atoms with van der Waals surface area (Å²) in [4.78, 5) is 0. The van der Waals surface area contributed by atoms with E-state index >= 15 is 0 Å². The number of hydrogen-bond acceptors (Lipinski definition) is 3. The Morgan fingerprint density at radius 2 is 2.33 bits per heavy atom. The molecular formula is C13H16FN3O. The molecule has 1 aromatic carbocycles. The lowest BCUT2D eigenvalue weighted by Gasteiger charge is -2.15. The lowest BCUT2D eigenvalue weighted by atomic mass is 10.1. The number of rotatable bonds is 5. The molecule has 96 valence electrons. The van der Waals surface area contributed by atoms with E-state index in [4.69, 9.17) is 0 Å². The molecule has 0 radical (unpaired) electrons. The van der Waals surface area contributed by atoms with Gasteiger partial charge in [-0.05, 0) is 31.2 Å². The van der Waals surface area contributed by atoms with E-state index < -0.39 is 0 Å². The first kappa shape index (κ1) is 12.6. The molecule has 0 saturated heterocycles. The molecule has 2 N–H and O–H groups in total. The van der Waals surface area contributed by atoms with Gasteiger partial charge in [-0.2, -0.15) is 5.10 Å². The highest BCUT2D eigenvalue weighted by Gasteiger charge is 2.10. The number of aromatic nitrogens is 2. The van der Waals surface area contributed by atoms with Crippen molar-refractivity contribution in [2.45, 2.75) is 19.5 Å². The molecule has 0 amide bonds. The molecule has 0 aliphatic carbocycles. The van der Waals surface area contributed by atoms with Crippen LogP contribution >= 0.6 is 0 Å². The van der Waals surface area contributed by atoms with E-state index in [0.717, 1.165) is 6.54 Å². The fourth-order valence-corrected chi connectivity index (χ4v) is 1.81. The monoisotopic (exact) mass is 249 g/mol. The first-order valence-electron chi connectivity index (χ1n) is 5.86. The molecule has 0 aliphatic rings. The van der Waals surface area contributed by atoms with Gasteiger partial charge in [-0.25, -0.2) is 4.39 Å². The normalized spacial score (nSPS) is 12.6. The van der Waals surface area contributed by atoms with Crippen molar-refractivity contribution in [3.8, 4) is 5.75 Å². The first-order chi connectivity index (χ1) is 8.66. The predicted octanol–water partition coefficient (Wildman–Crippen LogP) is 2.08. The molecule has 0 spiro atoms. The number of nitrogens with zero attached hydrogens (tertiary/aromatic N) is 2. The van der Waals surface area contributed by atoms with E-state index in [0.29, 0.717) is 12.1 Å². The molecule has 1 atom stereocenters. The Labute approximate surface area is 105 Å². The van der Waals surface area contributed by atoms with Crippen molar-refractivity contribution < 1.29 is 9.50 Å². The molecule has 0 bridgehead atoms. The van der Waals surface area contributed by atoms with Gasteiger partial charge in [-0.1, -0.05) is 0 Å². The van der Waals surface area contributed by atoms with Gasteiger partial charge in [-0.15, -0.1) is 0 Å². The highest BCUT2D eigenvalue weighted by atomic mass is 19.1. The number of phenols is 1. The van der Waals surface area contributed by atoms with E-state index in [2.05, 4.69) is 10.4 Å². The molecule has 0 saturated carbocycles. The van der Waals surface area contributed by atoms with E-state index in [1.807, 2.05) is 23.9 Å². The molecule has 18 heavy (non-hydrogen) atoms. The third kappa shape index (κ3) is 3.07. The first-order valence-corrected chi connectivity index (χ1v) is 5.86. The smallest absolute Gasteiger partial charge is 0.123 e. The summed E-state index contributed by atoms with van der Waals surface area (Å²) >= 11 is 0. The maximum Gasteiger partial charge on any atom is 0.123 e. The Morgan fingerprint density at radius 1 is 1.50 bits per heavy atom. The van der Waals surface area contributed by atoms with Crippen molar-refractivity contribution in [3.63, 3.8) is 0 Å². The largest absolute Gasteiger partial charge is 0.508 e. The zero-order chi connectivity index (χ0) is 13.0. The number of nitrogens with one attached hydrogen (secondary N) is 1. The standard InChI is InChI=1S/C13H16FN3O/c1-10(12-9-11(14)3-4-13(12)18)15-6-8-17-7-2-5-16-17/h2-5,7,9-10,15,18H,6,8H2,1H3. The number of aromatic hydroxyl groups is 1. The topological polar surface area (TPSA) is 50.1 Å². The average molecular weight is 249 g/mol. The lowest BCUT2D eigenvalue weighted by Crippen LogP contribution is -2.23. The summed E-state index contributed by atoms with van der Waals surface area (Å²) < 4.78 is 14.9. The molecule has 0 fully saturated rings. The molecule has 2 aromatic rings. The summed E-state index contributed by atoms with van der Waals surface area (Å²) in [6, 6.07) is 5.71. The van der Waals surface area contributed by atoms with Crippen LogP contribution in [0, 0.1) is 5.82 Å². The van der Waals surface area contributed by atoms with Crippen LogP contribution in [-0.2, 0) is 6.54 Å². The van der Waals surface area contributed by atoms with Gasteiger partial charge < -0.3 is 10.4 Å². The second kappa shape index (κ2) is 5.64. The molecule has 5 heteroatoms. The van der Waals surface area contributed by atoms with Crippen LogP contribution in [-0.4, -0.2) is 21.4 Å². The minimum Gasteiger partial charge on any atom is -0.508 e. The van der Waals surface area contributed by atoms with E-state index in [9.17, 15) is 9.50 Å².